The molecule has 11 nitrogen and oxygen atoms in total. The Balaban J connectivity index is 2.56. The van der Waals surface area contributed by atoms with Crippen molar-refractivity contribution in [2.24, 2.45) is 0 Å². The first kappa shape index (κ1) is 26.3. The van der Waals surface area contributed by atoms with Crippen molar-refractivity contribution in [3.05, 3.63) is 39.6 Å². The average molecular weight is 482 g/mol. The zero-order valence-corrected chi connectivity index (χ0v) is 20.5. The summed E-state index contributed by atoms with van der Waals surface area (Å²) in [5.74, 6) is -0.294. The predicted molar refractivity (Wildman–Crippen MR) is 123 cm³/mol. The standard InChI is InChI=1S/C21H31N5O6S/c1-7-13(4)22-20(27)19-15(6)21(25(9-3)23-19)32-17-11-10-16(26(28)29)12-18(17)33(30,31)24-14(5)8-2/h10-14,24H,7-9H2,1-6H3,(H,22,27)/t13-,14-/m0/s1. The second-order valence-corrected chi connectivity index (χ2v) is 9.48. The summed E-state index contributed by atoms with van der Waals surface area (Å²) < 4.78 is 35.9. The Labute approximate surface area is 193 Å². The predicted octanol–water partition coefficient (Wildman–Crippen LogP) is 3.52. The fourth-order valence-electron chi connectivity index (χ4n) is 2.91. The highest BCUT2D eigenvalue weighted by molar-refractivity contribution is 7.89. The summed E-state index contributed by atoms with van der Waals surface area (Å²) in [6, 6.07) is 2.91. The van der Waals surface area contributed by atoms with Crippen molar-refractivity contribution >= 4 is 21.6 Å². The third-order valence-corrected chi connectivity index (χ3v) is 6.85. The molecule has 0 bridgehead atoms. The number of aryl methyl sites for hydroxylation is 1. The van der Waals surface area contributed by atoms with Gasteiger partial charge in [-0.05, 0) is 46.6 Å². The molecule has 1 heterocycles. The Morgan fingerprint density at radius 3 is 2.39 bits per heavy atom. The Morgan fingerprint density at radius 2 is 1.85 bits per heavy atom. The molecule has 0 saturated carbocycles. The minimum atomic E-state index is -4.13. The number of ether oxygens (including phenoxy) is 1. The number of sulfonamides is 1. The Kier molecular flexibility index (Phi) is 8.56. The highest BCUT2D eigenvalue weighted by Crippen LogP contribution is 2.34. The molecule has 1 amide bonds. The summed E-state index contributed by atoms with van der Waals surface area (Å²) in [4.78, 5) is 22.9. The molecule has 0 aliphatic carbocycles. The molecule has 12 heteroatoms. The summed E-state index contributed by atoms with van der Waals surface area (Å²) in [5.41, 5.74) is 0.201. The fourth-order valence-corrected chi connectivity index (χ4v) is 4.38. The van der Waals surface area contributed by atoms with Gasteiger partial charge in [-0.25, -0.2) is 17.8 Å². The van der Waals surface area contributed by atoms with Crippen LogP contribution in [0.2, 0.25) is 0 Å². The maximum absolute atomic E-state index is 13.0. The van der Waals surface area contributed by atoms with E-state index in [2.05, 4.69) is 15.1 Å². The molecule has 2 aromatic rings. The van der Waals surface area contributed by atoms with E-state index in [1.54, 1.807) is 20.8 Å². The van der Waals surface area contributed by atoms with Crippen LogP contribution in [-0.2, 0) is 16.6 Å². The van der Waals surface area contributed by atoms with Crippen LogP contribution in [0.5, 0.6) is 11.6 Å². The fraction of sp³-hybridized carbons (Fsp3) is 0.524. The smallest absolute Gasteiger partial charge is 0.272 e. The van der Waals surface area contributed by atoms with Crippen molar-refractivity contribution in [3.8, 4) is 11.6 Å². The summed E-state index contributed by atoms with van der Waals surface area (Å²) in [6.45, 7) is 11.1. The maximum Gasteiger partial charge on any atom is 0.272 e. The lowest BCUT2D eigenvalue weighted by atomic mass is 10.2. The van der Waals surface area contributed by atoms with Crippen molar-refractivity contribution in [1.82, 2.24) is 19.8 Å². The van der Waals surface area contributed by atoms with Crippen LogP contribution in [0, 0.1) is 17.0 Å². The topological polar surface area (TPSA) is 145 Å². The molecule has 33 heavy (non-hydrogen) atoms. The number of aromatic nitrogens is 2. The summed E-state index contributed by atoms with van der Waals surface area (Å²) in [6.07, 6.45) is 1.27. The third-order valence-electron chi connectivity index (χ3n) is 5.24. The molecule has 0 radical (unpaired) electrons. The number of hydrogen-bond acceptors (Lipinski definition) is 7. The molecule has 1 aromatic carbocycles. The first-order chi connectivity index (χ1) is 15.4. The molecule has 0 saturated heterocycles. The second kappa shape index (κ2) is 10.8. The number of nitro groups is 1. The van der Waals surface area contributed by atoms with Gasteiger partial charge in [-0.2, -0.15) is 5.10 Å². The second-order valence-electron chi connectivity index (χ2n) is 7.80. The monoisotopic (exact) mass is 481 g/mol. The minimum absolute atomic E-state index is 0.0499. The SMILES string of the molecule is CC[C@H](C)NC(=O)c1nn(CC)c(Oc2ccc([N+](=O)[O-])cc2S(=O)(=O)N[C@@H](C)CC)c1C. The van der Waals surface area contributed by atoms with Crippen molar-refractivity contribution < 1.29 is 22.9 Å². The average Bonchev–Trinajstić information content (AvgIpc) is 3.08. The zero-order chi connectivity index (χ0) is 24.9. The first-order valence-electron chi connectivity index (χ1n) is 10.8. The molecule has 0 fully saturated rings. The normalized spacial score (nSPS) is 13.4. The lowest BCUT2D eigenvalue weighted by Crippen LogP contribution is -2.32. The van der Waals surface area contributed by atoms with Gasteiger partial charge in [0.15, 0.2) is 5.69 Å². The van der Waals surface area contributed by atoms with Crippen molar-refractivity contribution in [1.29, 1.82) is 0 Å². The molecule has 1 aromatic heterocycles. The van der Waals surface area contributed by atoms with E-state index in [4.69, 9.17) is 4.74 Å². The lowest BCUT2D eigenvalue weighted by molar-refractivity contribution is -0.385. The number of carbonyl (C=O) groups is 1. The van der Waals surface area contributed by atoms with Gasteiger partial charge in [-0.3, -0.25) is 14.9 Å². The first-order valence-corrected chi connectivity index (χ1v) is 12.3. The summed E-state index contributed by atoms with van der Waals surface area (Å²) in [5, 5.41) is 18.4. The van der Waals surface area contributed by atoms with Gasteiger partial charge in [-0.1, -0.05) is 13.8 Å². The summed E-state index contributed by atoms with van der Waals surface area (Å²) >= 11 is 0. The van der Waals surface area contributed by atoms with Gasteiger partial charge < -0.3 is 10.1 Å². The van der Waals surface area contributed by atoms with E-state index >= 15 is 0 Å². The quantitative estimate of drug-likeness (QED) is 0.369. The van der Waals surface area contributed by atoms with Gasteiger partial charge >= 0.3 is 0 Å². The van der Waals surface area contributed by atoms with Crippen LogP contribution >= 0.6 is 0 Å². The lowest BCUT2D eigenvalue weighted by Gasteiger charge is -2.16. The number of carbonyl (C=O) groups excluding carboxylic acids is 1. The van der Waals surface area contributed by atoms with Gasteiger partial charge in [0.05, 0.1) is 4.92 Å². The van der Waals surface area contributed by atoms with E-state index in [1.165, 1.54) is 10.7 Å². The van der Waals surface area contributed by atoms with Gasteiger partial charge in [0.2, 0.25) is 15.9 Å². The van der Waals surface area contributed by atoms with Crippen LogP contribution in [-0.4, -0.2) is 41.1 Å². The van der Waals surface area contributed by atoms with Crippen molar-refractivity contribution in [2.75, 3.05) is 0 Å². The van der Waals surface area contributed by atoms with Crippen LogP contribution in [0.15, 0.2) is 23.1 Å². The maximum atomic E-state index is 13.0. The minimum Gasteiger partial charge on any atom is -0.438 e. The Hall–Kier alpha value is -2.99. The van der Waals surface area contributed by atoms with Crippen molar-refractivity contribution in [3.63, 3.8) is 0 Å². The van der Waals surface area contributed by atoms with Gasteiger partial charge in [-0.15, -0.1) is 0 Å². The Bertz CT molecular complexity index is 1130. The van der Waals surface area contributed by atoms with E-state index < -0.39 is 14.9 Å². The van der Waals surface area contributed by atoms with Gasteiger partial charge in [0.25, 0.3) is 11.6 Å². The van der Waals surface area contributed by atoms with Crippen LogP contribution in [0.4, 0.5) is 5.69 Å². The van der Waals surface area contributed by atoms with E-state index in [-0.39, 0.29) is 45.9 Å². The molecule has 0 unspecified atom stereocenters. The van der Waals surface area contributed by atoms with Crippen LogP contribution < -0.4 is 14.8 Å². The number of non-ortho nitro benzene ring substituents is 1. The number of nitrogens with one attached hydrogen (secondary N) is 2. The molecule has 0 spiro atoms. The molecule has 0 aliphatic rings. The summed E-state index contributed by atoms with van der Waals surface area (Å²) in [7, 11) is -4.13. The molecular formula is C21H31N5O6S. The van der Waals surface area contributed by atoms with Crippen LogP contribution in [0.1, 0.15) is 63.5 Å². The highest BCUT2D eigenvalue weighted by atomic mass is 32.2. The number of rotatable bonds is 11. The van der Waals surface area contributed by atoms with Gasteiger partial charge in [0.1, 0.15) is 10.6 Å². The number of amides is 1. The molecule has 2 N–H and O–H groups in total. The zero-order valence-electron chi connectivity index (χ0n) is 19.7. The van der Waals surface area contributed by atoms with Gasteiger partial charge in [0, 0.05) is 36.3 Å². The van der Waals surface area contributed by atoms with E-state index in [0.717, 1.165) is 18.6 Å². The highest BCUT2D eigenvalue weighted by Gasteiger charge is 2.28. The molecule has 2 rings (SSSR count). The molecule has 2 atom stereocenters. The molecular weight excluding hydrogens is 450 g/mol. The number of nitro benzene ring substituents is 1. The van der Waals surface area contributed by atoms with E-state index in [0.29, 0.717) is 18.5 Å². The number of nitrogens with zero attached hydrogens (tertiary/aromatic N) is 3. The van der Waals surface area contributed by atoms with E-state index in [9.17, 15) is 23.3 Å². The van der Waals surface area contributed by atoms with Crippen LogP contribution in [0.25, 0.3) is 0 Å². The van der Waals surface area contributed by atoms with Crippen LogP contribution in [0.3, 0.4) is 0 Å². The molecule has 182 valence electrons. The molecule has 0 aliphatic heterocycles. The van der Waals surface area contributed by atoms with E-state index in [1.807, 2.05) is 20.8 Å². The van der Waals surface area contributed by atoms with Crippen molar-refractivity contribution in [2.45, 2.75) is 77.9 Å². The third kappa shape index (κ3) is 6.08. The largest absolute Gasteiger partial charge is 0.438 e. The number of benzene rings is 1. The number of hydrogen-bond donors (Lipinski definition) is 2. The Morgan fingerprint density at radius 1 is 1.21 bits per heavy atom.